The first-order valence-electron chi connectivity index (χ1n) is 7.79. The SMILES string of the molecule is C=CC(=O)N(CCC)CCCCN(CCC)C(=O)CC. The predicted octanol–water partition coefficient (Wildman–Crippen LogP) is 2.84. The Balaban J connectivity index is 4.09. The van der Waals surface area contributed by atoms with Crippen LogP contribution >= 0.6 is 0 Å². The van der Waals surface area contributed by atoms with E-state index < -0.39 is 0 Å². The highest BCUT2D eigenvalue weighted by molar-refractivity contribution is 5.86. The molecule has 4 heteroatoms. The summed E-state index contributed by atoms with van der Waals surface area (Å²) < 4.78 is 0. The van der Waals surface area contributed by atoms with E-state index in [9.17, 15) is 9.59 Å². The maximum Gasteiger partial charge on any atom is 0.245 e. The van der Waals surface area contributed by atoms with Crippen LogP contribution in [0, 0.1) is 0 Å². The summed E-state index contributed by atoms with van der Waals surface area (Å²) in [6, 6.07) is 0. The van der Waals surface area contributed by atoms with Crippen LogP contribution in [0.1, 0.15) is 52.9 Å². The molecule has 0 saturated heterocycles. The Kier molecular flexibility index (Phi) is 10.7. The number of nitrogens with zero attached hydrogens (tertiary/aromatic N) is 2. The Morgan fingerprint density at radius 2 is 1.40 bits per heavy atom. The molecule has 0 saturated carbocycles. The summed E-state index contributed by atoms with van der Waals surface area (Å²) in [5, 5.41) is 0. The number of unbranched alkanes of at least 4 members (excludes halogenated alkanes) is 1. The normalized spacial score (nSPS) is 10.2. The lowest BCUT2D eigenvalue weighted by atomic mass is 10.2. The number of amides is 2. The molecule has 0 spiro atoms. The molecule has 0 heterocycles. The second-order valence-electron chi connectivity index (χ2n) is 4.97. The molecule has 0 atom stereocenters. The molecule has 0 aromatic rings. The zero-order chi connectivity index (χ0) is 15.4. The third-order valence-electron chi connectivity index (χ3n) is 3.23. The van der Waals surface area contributed by atoms with Crippen molar-refractivity contribution >= 4 is 11.8 Å². The van der Waals surface area contributed by atoms with Crippen LogP contribution < -0.4 is 0 Å². The van der Waals surface area contributed by atoms with Gasteiger partial charge in [-0.3, -0.25) is 9.59 Å². The minimum absolute atomic E-state index is 0.00176. The van der Waals surface area contributed by atoms with Gasteiger partial charge < -0.3 is 9.80 Å². The minimum Gasteiger partial charge on any atom is -0.343 e. The Hall–Kier alpha value is -1.32. The monoisotopic (exact) mass is 282 g/mol. The molecule has 0 N–H and O–H groups in total. The van der Waals surface area contributed by atoms with Gasteiger partial charge in [0, 0.05) is 32.6 Å². The lowest BCUT2D eigenvalue weighted by Crippen LogP contribution is -2.34. The molecule has 0 aromatic carbocycles. The van der Waals surface area contributed by atoms with E-state index in [0.717, 1.165) is 51.9 Å². The molecule has 0 radical (unpaired) electrons. The van der Waals surface area contributed by atoms with Crippen molar-refractivity contribution in [1.82, 2.24) is 9.80 Å². The lowest BCUT2D eigenvalue weighted by molar-refractivity contribution is -0.131. The first-order valence-corrected chi connectivity index (χ1v) is 7.79. The Morgan fingerprint density at radius 3 is 1.85 bits per heavy atom. The molecule has 0 bridgehead atoms. The highest BCUT2D eigenvalue weighted by Gasteiger charge is 2.11. The number of carbonyl (C=O) groups excluding carboxylic acids is 2. The Labute approximate surface area is 123 Å². The van der Waals surface area contributed by atoms with Gasteiger partial charge in [-0.05, 0) is 31.8 Å². The van der Waals surface area contributed by atoms with E-state index in [1.807, 2.05) is 16.7 Å². The van der Waals surface area contributed by atoms with Crippen LogP contribution in [0.5, 0.6) is 0 Å². The minimum atomic E-state index is 0.00176. The molecule has 0 aliphatic heterocycles. The molecule has 0 aliphatic carbocycles. The van der Waals surface area contributed by atoms with Gasteiger partial charge in [-0.15, -0.1) is 0 Å². The summed E-state index contributed by atoms with van der Waals surface area (Å²) >= 11 is 0. The van der Waals surface area contributed by atoms with Crippen LogP contribution in [0.15, 0.2) is 12.7 Å². The van der Waals surface area contributed by atoms with Crippen molar-refractivity contribution in [3.05, 3.63) is 12.7 Å². The van der Waals surface area contributed by atoms with Crippen LogP contribution in [0.3, 0.4) is 0 Å². The third kappa shape index (κ3) is 7.31. The van der Waals surface area contributed by atoms with Gasteiger partial charge in [0.2, 0.25) is 11.8 Å². The van der Waals surface area contributed by atoms with E-state index >= 15 is 0 Å². The summed E-state index contributed by atoms with van der Waals surface area (Å²) in [5.74, 6) is 0.223. The number of rotatable bonds is 11. The van der Waals surface area contributed by atoms with Crippen molar-refractivity contribution in [2.45, 2.75) is 52.9 Å². The van der Waals surface area contributed by atoms with E-state index in [-0.39, 0.29) is 11.8 Å². The summed E-state index contributed by atoms with van der Waals surface area (Å²) in [5.41, 5.74) is 0. The van der Waals surface area contributed by atoms with Crippen molar-refractivity contribution < 1.29 is 9.59 Å². The van der Waals surface area contributed by atoms with Gasteiger partial charge in [-0.2, -0.15) is 0 Å². The summed E-state index contributed by atoms with van der Waals surface area (Å²) in [6.45, 7) is 12.7. The molecule has 0 fully saturated rings. The highest BCUT2D eigenvalue weighted by Crippen LogP contribution is 2.03. The molecule has 2 amide bonds. The molecule has 0 aliphatic rings. The average molecular weight is 282 g/mol. The zero-order valence-corrected chi connectivity index (χ0v) is 13.4. The maximum atomic E-state index is 11.7. The number of hydrogen-bond acceptors (Lipinski definition) is 2. The standard InChI is InChI=1S/C16H30N2O2/c1-5-11-17(15(19)7-3)13-9-10-14-18(12-6-2)16(20)8-4/h7H,3,5-6,8-14H2,1-2,4H3. The van der Waals surface area contributed by atoms with Crippen molar-refractivity contribution in [1.29, 1.82) is 0 Å². The van der Waals surface area contributed by atoms with Crippen molar-refractivity contribution in [2.24, 2.45) is 0 Å². The first-order chi connectivity index (χ1) is 9.60. The van der Waals surface area contributed by atoms with Crippen LogP contribution in [0.2, 0.25) is 0 Å². The molecule has 4 nitrogen and oxygen atoms in total. The smallest absolute Gasteiger partial charge is 0.245 e. The van der Waals surface area contributed by atoms with Gasteiger partial charge in [0.25, 0.3) is 0 Å². The molecule has 0 aromatic heterocycles. The summed E-state index contributed by atoms with van der Waals surface area (Å²) in [7, 11) is 0. The van der Waals surface area contributed by atoms with E-state index in [2.05, 4.69) is 20.4 Å². The van der Waals surface area contributed by atoms with Crippen LogP contribution in [-0.4, -0.2) is 47.8 Å². The van der Waals surface area contributed by atoms with Crippen molar-refractivity contribution in [3.63, 3.8) is 0 Å². The van der Waals surface area contributed by atoms with Crippen molar-refractivity contribution in [2.75, 3.05) is 26.2 Å². The topological polar surface area (TPSA) is 40.6 Å². The highest BCUT2D eigenvalue weighted by atomic mass is 16.2. The zero-order valence-electron chi connectivity index (χ0n) is 13.4. The fourth-order valence-corrected chi connectivity index (χ4v) is 2.19. The summed E-state index contributed by atoms with van der Waals surface area (Å²) in [4.78, 5) is 27.1. The predicted molar refractivity (Wildman–Crippen MR) is 83.5 cm³/mol. The second kappa shape index (κ2) is 11.5. The maximum absolute atomic E-state index is 11.7. The number of hydrogen-bond donors (Lipinski definition) is 0. The van der Waals surface area contributed by atoms with Crippen molar-refractivity contribution in [3.8, 4) is 0 Å². The lowest BCUT2D eigenvalue weighted by Gasteiger charge is -2.23. The second-order valence-corrected chi connectivity index (χ2v) is 4.97. The molecule has 0 rings (SSSR count). The Morgan fingerprint density at radius 1 is 0.900 bits per heavy atom. The summed E-state index contributed by atoms with van der Waals surface area (Å²) in [6.07, 6.45) is 5.75. The third-order valence-corrected chi connectivity index (χ3v) is 3.23. The molecule has 116 valence electrons. The van der Waals surface area contributed by atoms with Crippen LogP contribution in [-0.2, 0) is 9.59 Å². The fourth-order valence-electron chi connectivity index (χ4n) is 2.19. The largest absolute Gasteiger partial charge is 0.343 e. The van der Waals surface area contributed by atoms with Gasteiger partial charge in [0.05, 0.1) is 0 Å². The van der Waals surface area contributed by atoms with E-state index in [1.165, 1.54) is 6.08 Å². The van der Waals surface area contributed by atoms with Gasteiger partial charge in [0.1, 0.15) is 0 Å². The molecular formula is C16H30N2O2. The Bertz CT molecular complexity index is 303. The van der Waals surface area contributed by atoms with Crippen LogP contribution in [0.4, 0.5) is 0 Å². The van der Waals surface area contributed by atoms with Gasteiger partial charge in [-0.25, -0.2) is 0 Å². The van der Waals surface area contributed by atoms with E-state index in [4.69, 9.17) is 0 Å². The van der Waals surface area contributed by atoms with Gasteiger partial charge in [-0.1, -0.05) is 27.4 Å². The number of carbonyl (C=O) groups is 2. The van der Waals surface area contributed by atoms with E-state index in [1.54, 1.807) is 0 Å². The van der Waals surface area contributed by atoms with Crippen LogP contribution in [0.25, 0.3) is 0 Å². The van der Waals surface area contributed by atoms with Gasteiger partial charge >= 0.3 is 0 Å². The average Bonchev–Trinajstić information content (AvgIpc) is 2.47. The van der Waals surface area contributed by atoms with E-state index in [0.29, 0.717) is 6.42 Å². The first kappa shape index (κ1) is 18.7. The van der Waals surface area contributed by atoms with Gasteiger partial charge in [0.15, 0.2) is 0 Å². The molecule has 0 unspecified atom stereocenters. The molecular weight excluding hydrogens is 252 g/mol. The molecule has 20 heavy (non-hydrogen) atoms. The quantitative estimate of drug-likeness (QED) is 0.432. The fraction of sp³-hybridized carbons (Fsp3) is 0.750.